The Kier molecular flexibility index (Phi) is 5.73. The molecule has 0 fully saturated rings. The van der Waals surface area contributed by atoms with E-state index in [1.54, 1.807) is 15.9 Å². The van der Waals surface area contributed by atoms with Crippen molar-refractivity contribution in [1.29, 1.82) is 0 Å². The number of thiophene rings is 1. The van der Waals surface area contributed by atoms with E-state index in [-0.39, 0.29) is 17.2 Å². The van der Waals surface area contributed by atoms with E-state index in [1.165, 1.54) is 33.3 Å². The van der Waals surface area contributed by atoms with Crippen molar-refractivity contribution in [3.05, 3.63) is 68.6 Å². The molecule has 3 aromatic heterocycles. The van der Waals surface area contributed by atoms with Gasteiger partial charge in [0.2, 0.25) is 0 Å². The highest BCUT2D eigenvalue weighted by molar-refractivity contribution is 7.99. The predicted molar refractivity (Wildman–Crippen MR) is 130 cm³/mol. The molecule has 0 N–H and O–H groups in total. The van der Waals surface area contributed by atoms with Gasteiger partial charge in [-0.25, -0.2) is 9.67 Å². The molecule has 5 rings (SSSR count). The van der Waals surface area contributed by atoms with E-state index in [4.69, 9.17) is 4.98 Å². The van der Waals surface area contributed by atoms with Gasteiger partial charge in [0.1, 0.15) is 4.83 Å². The second kappa shape index (κ2) is 8.67. The first-order chi connectivity index (χ1) is 15.5. The molecule has 3 heterocycles. The second-order valence-electron chi connectivity index (χ2n) is 8.14. The molecular formula is C24H24N4O2S2. The SMILES string of the molecule is Cc1cc(C)n(C(=O)CSc2nc3sc4c(c3c(=O)n2-c2ccccc2)CCCCC4)n1. The van der Waals surface area contributed by atoms with Crippen molar-refractivity contribution in [3.63, 3.8) is 0 Å². The van der Waals surface area contributed by atoms with Crippen LogP contribution in [0.3, 0.4) is 0 Å². The molecule has 0 unspecified atom stereocenters. The van der Waals surface area contributed by atoms with Gasteiger partial charge in [-0.1, -0.05) is 36.4 Å². The third kappa shape index (κ3) is 3.82. The minimum atomic E-state index is -0.128. The zero-order chi connectivity index (χ0) is 22.2. The number of nitrogens with zero attached hydrogens (tertiary/aromatic N) is 4. The summed E-state index contributed by atoms with van der Waals surface area (Å²) < 4.78 is 3.10. The monoisotopic (exact) mass is 464 g/mol. The molecule has 4 aromatic rings. The molecule has 32 heavy (non-hydrogen) atoms. The summed E-state index contributed by atoms with van der Waals surface area (Å²) in [4.78, 5) is 33.6. The Morgan fingerprint density at radius 3 is 2.66 bits per heavy atom. The van der Waals surface area contributed by atoms with Crippen molar-refractivity contribution in [2.24, 2.45) is 0 Å². The third-order valence-corrected chi connectivity index (χ3v) is 7.90. The minimum Gasteiger partial charge on any atom is -0.272 e. The maximum Gasteiger partial charge on any atom is 0.267 e. The van der Waals surface area contributed by atoms with Gasteiger partial charge in [-0.15, -0.1) is 11.3 Å². The maximum atomic E-state index is 13.8. The maximum absolute atomic E-state index is 13.8. The van der Waals surface area contributed by atoms with E-state index in [9.17, 15) is 9.59 Å². The molecule has 0 amide bonds. The Morgan fingerprint density at radius 2 is 1.91 bits per heavy atom. The van der Waals surface area contributed by atoms with Crippen LogP contribution in [0.2, 0.25) is 0 Å². The van der Waals surface area contributed by atoms with Gasteiger partial charge in [-0.3, -0.25) is 14.2 Å². The molecule has 1 aliphatic rings. The van der Waals surface area contributed by atoms with Crippen LogP contribution < -0.4 is 5.56 Å². The smallest absolute Gasteiger partial charge is 0.267 e. The zero-order valence-electron chi connectivity index (χ0n) is 18.1. The average molecular weight is 465 g/mol. The molecule has 0 bridgehead atoms. The average Bonchev–Trinajstić information content (AvgIpc) is 3.22. The van der Waals surface area contributed by atoms with Gasteiger partial charge in [0, 0.05) is 10.6 Å². The van der Waals surface area contributed by atoms with Gasteiger partial charge < -0.3 is 0 Å². The molecule has 1 aromatic carbocycles. The van der Waals surface area contributed by atoms with E-state index < -0.39 is 0 Å². The Hall–Kier alpha value is -2.71. The second-order valence-corrected chi connectivity index (χ2v) is 10.2. The molecule has 164 valence electrons. The first-order valence-electron chi connectivity index (χ1n) is 10.8. The topological polar surface area (TPSA) is 69.8 Å². The molecule has 1 aliphatic carbocycles. The number of hydrogen-bond acceptors (Lipinski definition) is 6. The number of carbonyl (C=O) groups excluding carboxylic acids is 1. The van der Waals surface area contributed by atoms with Crippen molar-refractivity contribution in [3.8, 4) is 5.69 Å². The molecule has 0 aliphatic heterocycles. The van der Waals surface area contributed by atoms with Crippen LogP contribution in [0, 0.1) is 13.8 Å². The molecule has 8 heteroatoms. The quantitative estimate of drug-likeness (QED) is 0.242. The van der Waals surface area contributed by atoms with E-state index in [2.05, 4.69) is 5.10 Å². The van der Waals surface area contributed by atoms with Gasteiger partial charge in [-0.2, -0.15) is 5.10 Å². The first kappa shape index (κ1) is 21.2. The van der Waals surface area contributed by atoms with Gasteiger partial charge in [-0.05, 0) is 63.3 Å². The van der Waals surface area contributed by atoms with Crippen molar-refractivity contribution < 1.29 is 4.79 Å². The Balaban J connectivity index is 1.60. The summed E-state index contributed by atoms with van der Waals surface area (Å²) in [5, 5.41) is 5.59. The van der Waals surface area contributed by atoms with Crippen LogP contribution in [0.1, 0.15) is 45.9 Å². The van der Waals surface area contributed by atoms with Crippen molar-refractivity contribution >= 4 is 39.2 Å². The normalized spacial score (nSPS) is 13.8. The third-order valence-electron chi connectivity index (χ3n) is 5.79. The lowest BCUT2D eigenvalue weighted by Gasteiger charge is -2.12. The van der Waals surface area contributed by atoms with Gasteiger partial charge in [0.25, 0.3) is 11.5 Å². The highest BCUT2D eigenvalue weighted by atomic mass is 32.2. The minimum absolute atomic E-state index is 0.0401. The molecule has 0 spiro atoms. The summed E-state index contributed by atoms with van der Waals surface area (Å²) in [5.74, 6) is 0.0224. The fourth-order valence-electron chi connectivity index (χ4n) is 4.33. The fourth-order valence-corrected chi connectivity index (χ4v) is 6.49. The summed E-state index contributed by atoms with van der Waals surface area (Å²) in [6.45, 7) is 3.73. The summed E-state index contributed by atoms with van der Waals surface area (Å²) in [5.41, 5.74) is 3.52. The number of aryl methyl sites for hydroxylation is 4. The van der Waals surface area contributed by atoms with Crippen molar-refractivity contribution in [1.82, 2.24) is 19.3 Å². The standard InChI is InChI=1S/C24H24N4O2S2/c1-15-13-16(2)28(26-15)20(29)14-31-24-25-22-21(18-11-7-4-8-12-19(18)32-22)23(30)27(24)17-9-5-3-6-10-17/h3,5-6,9-10,13H,4,7-8,11-12,14H2,1-2H3. The first-order valence-corrected chi connectivity index (χ1v) is 12.6. The highest BCUT2D eigenvalue weighted by Gasteiger charge is 2.23. The largest absolute Gasteiger partial charge is 0.272 e. The number of rotatable bonds is 4. The lowest BCUT2D eigenvalue weighted by molar-refractivity contribution is 0.0923. The Morgan fingerprint density at radius 1 is 1.12 bits per heavy atom. The van der Waals surface area contributed by atoms with Crippen LogP contribution in [-0.2, 0) is 12.8 Å². The number of aromatic nitrogens is 4. The van der Waals surface area contributed by atoms with E-state index in [1.807, 2.05) is 50.2 Å². The summed E-state index contributed by atoms with van der Waals surface area (Å²) >= 11 is 2.93. The van der Waals surface area contributed by atoms with Crippen LogP contribution in [0.15, 0.2) is 46.3 Å². The van der Waals surface area contributed by atoms with Crippen LogP contribution in [0.25, 0.3) is 15.9 Å². The molecular weight excluding hydrogens is 440 g/mol. The van der Waals surface area contributed by atoms with Crippen molar-refractivity contribution in [2.75, 3.05) is 5.75 Å². The van der Waals surface area contributed by atoms with E-state index in [0.29, 0.717) is 5.16 Å². The lowest BCUT2D eigenvalue weighted by atomic mass is 10.1. The highest BCUT2D eigenvalue weighted by Crippen LogP contribution is 2.34. The number of para-hydroxylation sites is 1. The van der Waals surface area contributed by atoms with Crippen LogP contribution in [0.5, 0.6) is 0 Å². The molecule has 0 radical (unpaired) electrons. The molecule has 6 nitrogen and oxygen atoms in total. The van der Waals surface area contributed by atoms with Crippen LogP contribution >= 0.6 is 23.1 Å². The van der Waals surface area contributed by atoms with Crippen LogP contribution in [0.4, 0.5) is 0 Å². The summed E-state index contributed by atoms with van der Waals surface area (Å²) in [7, 11) is 0. The summed E-state index contributed by atoms with van der Waals surface area (Å²) in [6.07, 6.45) is 5.41. The summed E-state index contributed by atoms with van der Waals surface area (Å²) in [6, 6.07) is 11.5. The van der Waals surface area contributed by atoms with Gasteiger partial charge in [0.15, 0.2) is 5.16 Å². The van der Waals surface area contributed by atoms with E-state index >= 15 is 0 Å². The van der Waals surface area contributed by atoms with Gasteiger partial charge in [0.05, 0.1) is 22.5 Å². The van der Waals surface area contributed by atoms with Crippen molar-refractivity contribution in [2.45, 2.75) is 51.1 Å². The van der Waals surface area contributed by atoms with Gasteiger partial charge >= 0.3 is 0 Å². The molecule has 0 saturated carbocycles. The number of thioether (sulfide) groups is 1. The fraction of sp³-hybridized carbons (Fsp3) is 0.333. The molecule has 0 atom stereocenters. The molecule has 0 saturated heterocycles. The van der Waals surface area contributed by atoms with E-state index in [0.717, 1.165) is 53.0 Å². The number of hydrogen-bond donors (Lipinski definition) is 0. The Bertz CT molecular complexity index is 1370. The number of carbonyl (C=O) groups is 1. The number of fused-ring (bicyclic) bond motifs is 3. The zero-order valence-corrected chi connectivity index (χ0v) is 19.8. The Labute approximate surface area is 194 Å². The van der Waals surface area contributed by atoms with Crippen LogP contribution in [-0.4, -0.2) is 31.0 Å². The number of benzene rings is 1. The predicted octanol–water partition coefficient (Wildman–Crippen LogP) is 4.96. The lowest BCUT2D eigenvalue weighted by Crippen LogP contribution is -2.23.